The molecule has 1 fully saturated rings. The zero-order valence-corrected chi connectivity index (χ0v) is 20.5. The van der Waals surface area contributed by atoms with Crippen molar-refractivity contribution in [1.82, 2.24) is 25.4 Å². The number of hydrogen-bond acceptors (Lipinski definition) is 4. The van der Waals surface area contributed by atoms with Gasteiger partial charge in [0, 0.05) is 32.1 Å². The van der Waals surface area contributed by atoms with Crippen molar-refractivity contribution >= 4 is 41.7 Å². The molecule has 1 aromatic heterocycles. The average molecular weight is 509 g/mol. The number of nitrogens with zero attached hydrogens (tertiary/aromatic N) is 4. The van der Waals surface area contributed by atoms with Crippen LogP contribution in [-0.4, -0.2) is 46.6 Å². The largest absolute Gasteiger partial charge is 0.357 e. The molecule has 0 saturated heterocycles. The Kier molecular flexibility index (Phi) is 12.4. The standard InChI is InChI=1S/C19H36N6S.HI/c1-5-20-18(22-14-12-15(2)3)21-13-8-11-17-23-24-19(26-4)25(17)16-9-6-7-10-16;/h15-16H,5-14H2,1-4H3,(H2,20,21,22);1H. The minimum absolute atomic E-state index is 0. The molecule has 2 N–H and O–H groups in total. The van der Waals surface area contributed by atoms with E-state index in [0.29, 0.717) is 12.0 Å². The van der Waals surface area contributed by atoms with Gasteiger partial charge in [-0.25, -0.2) is 0 Å². The number of nitrogens with one attached hydrogen (secondary N) is 2. The van der Waals surface area contributed by atoms with E-state index >= 15 is 0 Å². The van der Waals surface area contributed by atoms with Crippen LogP contribution in [0.5, 0.6) is 0 Å². The third kappa shape index (κ3) is 8.17. The van der Waals surface area contributed by atoms with E-state index in [1.54, 1.807) is 11.8 Å². The second-order valence-corrected chi connectivity index (χ2v) is 8.16. The van der Waals surface area contributed by atoms with E-state index in [1.807, 2.05) is 0 Å². The fourth-order valence-electron chi connectivity index (χ4n) is 3.40. The molecule has 0 atom stereocenters. The molecule has 0 radical (unpaired) electrons. The molecule has 156 valence electrons. The molecular weight excluding hydrogens is 471 g/mol. The molecule has 0 amide bonds. The van der Waals surface area contributed by atoms with Gasteiger partial charge >= 0.3 is 0 Å². The summed E-state index contributed by atoms with van der Waals surface area (Å²) in [5.41, 5.74) is 0. The molecule has 6 nitrogen and oxygen atoms in total. The minimum atomic E-state index is 0. The first-order chi connectivity index (χ1) is 12.7. The fraction of sp³-hybridized carbons (Fsp3) is 0.842. The minimum Gasteiger partial charge on any atom is -0.357 e. The predicted molar refractivity (Wildman–Crippen MR) is 126 cm³/mol. The van der Waals surface area contributed by atoms with Gasteiger partial charge in [-0.1, -0.05) is 38.5 Å². The molecule has 0 spiro atoms. The van der Waals surface area contributed by atoms with Gasteiger partial charge in [-0.2, -0.15) is 0 Å². The lowest BCUT2D eigenvalue weighted by molar-refractivity contribution is 0.461. The van der Waals surface area contributed by atoms with Gasteiger partial charge in [0.05, 0.1) is 0 Å². The van der Waals surface area contributed by atoms with E-state index in [1.165, 1.54) is 25.7 Å². The van der Waals surface area contributed by atoms with Crippen molar-refractivity contribution in [3.8, 4) is 0 Å². The SMILES string of the molecule is CCNC(=NCCCc1nnc(SC)n1C1CCCC1)NCCC(C)C.I. The predicted octanol–water partition coefficient (Wildman–Crippen LogP) is 4.27. The van der Waals surface area contributed by atoms with E-state index in [2.05, 4.69) is 52.4 Å². The lowest BCUT2D eigenvalue weighted by Crippen LogP contribution is -2.38. The van der Waals surface area contributed by atoms with Gasteiger partial charge in [-0.3, -0.25) is 4.99 Å². The van der Waals surface area contributed by atoms with Crippen molar-refractivity contribution in [2.45, 2.75) is 76.9 Å². The van der Waals surface area contributed by atoms with Crippen molar-refractivity contribution in [2.24, 2.45) is 10.9 Å². The molecule has 2 rings (SSSR count). The van der Waals surface area contributed by atoms with Crippen LogP contribution in [0.25, 0.3) is 0 Å². The summed E-state index contributed by atoms with van der Waals surface area (Å²) in [5, 5.41) is 16.7. The summed E-state index contributed by atoms with van der Waals surface area (Å²) < 4.78 is 2.40. The molecule has 27 heavy (non-hydrogen) atoms. The molecule has 1 aliphatic rings. The second kappa shape index (κ2) is 13.6. The Bertz CT molecular complexity index is 554. The number of halogens is 1. The van der Waals surface area contributed by atoms with Crippen LogP contribution in [0.1, 0.15) is 71.2 Å². The number of aryl methyl sites for hydroxylation is 1. The zero-order valence-electron chi connectivity index (χ0n) is 17.3. The lowest BCUT2D eigenvalue weighted by atomic mass is 10.1. The van der Waals surface area contributed by atoms with Gasteiger partial charge in [0.25, 0.3) is 0 Å². The van der Waals surface area contributed by atoms with Crippen molar-refractivity contribution in [3.05, 3.63) is 5.82 Å². The molecule has 0 aliphatic heterocycles. The van der Waals surface area contributed by atoms with Crippen LogP contribution >= 0.6 is 35.7 Å². The normalized spacial score (nSPS) is 15.2. The molecule has 1 aromatic rings. The van der Waals surface area contributed by atoms with Gasteiger partial charge in [-0.05, 0) is 44.8 Å². The van der Waals surface area contributed by atoms with Crippen LogP contribution < -0.4 is 10.6 Å². The quantitative estimate of drug-likeness (QED) is 0.163. The third-order valence-corrected chi connectivity index (χ3v) is 5.44. The molecule has 1 saturated carbocycles. The van der Waals surface area contributed by atoms with E-state index in [4.69, 9.17) is 4.99 Å². The van der Waals surface area contributed by atoms with Gasteiger partial charge in [0.15, 0.2) is 11.1 Å². The zero-order chi connectivity index (χ0) is 18.8. The monoisotopic (exact) mass is 508 g/mol. The molecule has 0 unspecified atom stereocenters. The molecular formula is C19H37IN6S. The summed E-state index contributed by atoms with van der Waals surface area (Å²) in [6.07, 6.45) is 10.4. The van der Waals surface area contributed by atoms with Crippen LogP contribution in [-0.2, 0) is 6.42 Å². The highest BCUT2D eigenvalue weighted by Gasteiger charge is 2.23. The maximum absolute atomic E-state index is 4.71. The molecule has 1 heterocycles. The Morgan fingerprint density at radius 1 is 1.26 bits per heavy atom. The number of rotatable bonds is 10. The summed E-state index contributed by atoms with van der Waals surface area (Å²) in [4.78, 5) is 4.71. The summed E-state index contributed by atoms with van der Waals surface area (Å²) >= 11 is 1.71. The van der Waals surface area contributed by atoms with Crippen LogP contribution in [0.4, 0.5) is 0 Å². The van der Waals surface area contributed by atoms with Crippen LogP contribution in [0.2, 0.25) is 0 Å². The van der Waals surface area contributed by atoms with Gasteiger partial charge in [0.2, 0.25) is 0 Å². The highest BCUT2D eigenvalue weighted by Crippen LogP contribution is 2.33. The van der Waals surface area contributed by atoms with E-state index in [9.17, 15) is 0 Å². The van der Waals surface area contributed by atoms with E-state index in [0.717, 1.165) is 55.8 Å². The Morgan fingerprint density at radius 2 is 2.00 bits per heavy atom. The Morgan fingerprint density at radius 3 is 2.63 bits per heavy atom. The molecule has 0 aromatic carbocycles. The summed E-state index contributed by atoms with van der Waals surface area (Å²) in [6.45, 7) is 9.26. The number of thioether (sulfide) groups is 1. The van der Waals surface area contributed by atoms with Crippen molar-refractivity contribution < 1.29 is 0 Å². The molecule has 0 bridgehead atoms. The summed E-state index contributed by atoms with van der Waals surface area (Å²) in [5.74, 6) is 2.77. The molecule has 8 heteroatoms. The Hall–Kier alpha value is -0.510. The van der Waals surface area contributed by atoms with E-state index < -0.39 is 0 Å². The van der Waals surface area contributed by atoms with E-state index in [-0.39, 0.29) is 24.0 Å². The maximum Gasteiger partial charge on any atom is 0.191 e. The second-order valence-electron chi connectivity index (χ2n) is 7.38. The van der Waals surface area contributed by atoms with Crippen molar-refractivity contribution in [2.75, 3.05) is 25.9 Å². The Labute approximate surface area is 186 Å². The average Bonchev–Trinajstić information content (AvgIpc) is 3.27. The fourth-order valence-corrected chi connectivity index (χ4v) is 3.97. The maximum atomic E-state index is 4.71. The van der Waals surface area contributed by atoms with Gasteiger partial charge in [0.1, 0.15) is 5.82 Å². The van der Waals surface area contributed by atoms with Crippen molar-refractivity contribution in [3.63, 3.8) is 0 Å². The van der Waals surface area contributed by atoms with Crippen molar-refractivity contribution in [1.29, 1.82) is 0 Å². The Balaban J connectivity index is 0.00000364. The highest BCUT2D eigenvalue weighted by atomic mass is 127. The topological polar surface area (TPSA) is 67.1 Å². The van der Waals surface area contributed by atoms with Gasteiger partial charge < -0.3 is 15.2 Å². The van der Waals surface area contributed by atoms with Crippen LogP contribution in [0, 0.1) is 5.92 Å². The molecule has 1 aliphatic carbocycles. The summed E-state index contributed by atoms with van der Waals surface area (Å²) in [6, 6.07) is 0.598. The summed E-state index contributed by atoms with van der Waals surface area (Å²) in [7, 11) is 0. The first-order valence-corrected chi connectivity index (χ1v) is 11.4. The van der Waals surface area contributed by atoms with Crippen LogP contribution in [0.15, 0.2) is 10.1 Å². The van der Waals surface area contributed by atoms with Gasteiger partial charge in [-0.15, -0.1) is 34.2 Å². The number of aromatic nitrogens is 3. The first kappa shape index (κ1) is 24.5. The smallest absolute Gasteiger partial charge is 0.191 e. The number of hydrogen-bond donors (Lipinski definition) is 2. The highest BCUT2D eigenvalue weighted by molar-refractivity contribution is 14.0. The lowest BCUT2D eigenvalue weighted by Gasteiger charge is -2.16. The first-order valence-electron chi connectivity index (χ1n) is 10.2. The third-order valence-electron chi connectivity index (χ3n) is 4.79. The van der Waals surface area contributed by atoms with Crippen LogP contribution in [0.3, 0.4) is 0 Å². The number of guanidine groups is 1. The number of aliphatic imine (C=N–C) groups is 1.